The van der Waals surface area contributed by atoms with Crippen LogP contribution in [-0.4, -0.2) is 46.5 Å². The molecule has 0 aliphatic carbocycles. The molecule has 31 heavy (non-hydrogen) atoms. The van der Waals surface area contributed by atoms with Crippen LogP contribution in [0.1, 0.15) is 29.3 Å². The lowest BCUT2D eigenvalue weighted by Gasteiger charge is -2.42. The second kappa shape index (κ2) is 8.40. The van der Waals surface area contributed by atoms with Gasteiger partial charge in [-0.25, -0.2) is 0 Å². The molecule has 1 aromatic carbocycles. The zero-order chi connectivity index (χ0) is 21.4. The van der Waals surface area contributed by atoms with E-state index in [1.54, 1.807) is 0 Å². The number of piperidine rings is 1. The number of nitrogens with zero attached hydrogens (tertiary/aromatic N) is 4. The minimum absolute atomic E-state index is 0.164. The first-order valence-corrected chi connectivity index (χ1v) is 11.2. The van der Waals surface area contributed by atoms with E-state index in [0.29, 0.717) is 11.8 Å². The molecule has 0 amide bonds. The van der Waals surface area contributed by atoms with Gasteiger partial charge in [-0.15, -0.1) is 0 Å². The van der Waals surface area contributed by atoms with E-state index in [1.165, 1.54) is 17.7 Å². The summed E-state index contributed by atoms with van der Waals surface area (Å²) in [5, 5.41) is 0. The molecular weight excluding hydrogens is 384 g/mol. The van der Waals surface area contributed by atoms with Gasteiger partial charge in [0.05, 0.1) is 5.69 Å². The van der Waals surface area contributed by atoms with Crippen LogP contribution in [0.25, 0.3) is 11.1 Å². The molecule has 2 aliphatic heterocycles. The van der Waals surface area contributed by atoms with Gasteiger partial charge in [0.1, 0.15) is 0 Å². The molecule has 3 aromatic rings. The molecule has 0 spiro atoms. The topological polar surface area (TPSA) is 41.4 Å². The van der Waals surface area contributed by atoms with Crippen molar-refractivity contribution in [3.8, 4) is 11.1 Å². The summed E-state index contributed by atoms with van der Waals surface area (Å²) in [6.07, 6.45) is 3.04. The Kier molecular flexibility index (Phi) is 5.47. The quantitative estimate of drug-likeness (QED) is 0.640. The van der Waals surface area contributed by atoms with Crippen molar-refractivity contribution in [2.75, 3.05) is 27.2 Å². The summed E-state index contributed by atoms with van der Waals surface area (Å²) in [5.74, 6) is 0.926. The van der Waals surface area contributed by atoms with Gasteiger partial charge in [0.25, 0.3) is 5.56 Å². The molecule has 5 heteroatoms. The molecule has 0 saturated carbocycles. The zero-order valence-electron chi connectivity index (χ0n) is 18.4. The van der Waals surface area contributed by atoms with Crippen molar-refractivity contribution in [2.45, 2.75) is 32.0 Å². The highest BCUT2D eigenvalue weighted by molar-refractivity contribution is 5.66. The lowest BCUT2D eigenvalue weighted by atomic mass is 9.82. The lowest BCUT2D eigenvalue weighted by molar-refractivity contribution is 0.113. The summed E-state index contributed by atoms with van der Waals surface area (Å²) in [7, 11) is 4.13. The molecule has 2 atom stereocenters. The Labute approximate surface area is 184 Å². The summed E-state index contributed by atoms with van der Waals surface area (Å²) in [5.41, 5.74) is 5.56. The van der Waals surface area contributed by atoms with Crippen LogP contribution in [0.4, 0.5) is 0 Å². The molecule has 4 heterocycles. The van der Waals surface area contributed by atoms with E-state index in [2.05, 4.69) is 75.9 Å². The maximum Gasteiger partial charge on any atom is 0.258 e. The number of rotatable bonds is 5. The number of aromatic nitrogens is 2. The Morgan fingerprint density at radius 2 is 1.81 bits per heavy atom. The zero-order valence-corrected chi connectivity index (χ0v) is 18.4. The molecule has 2 aromatic heterocycles. The minimum Gasteiger partial charge on any atom is -0.311 e. The highest BCUT2D eigenvalue weighted by atomic mass is 16.1. The van der Waals surface area contributed by atoms with E-state index in [0.717, 1.165) is 49.5 Å². The van der Waals surface area contributed by atoms with Crippen LogP contribution >= 0.6 is 0 Å². The van der Waals surface area contributed by atoms with Gasteiger partial charge in [0.2, 0.25) is 0 Å². The second-order valence-corrected chi connectivity index (χ2v) is 9.30. The number of fused-ring (bicyclic) bond motifs is 4. The molecular formula is C26H30N4O. The van der Waals surface area contributed by atoms with E-state index < -0.39 is 0 Å². The highest BCUT2D eigenvalue weighted by Gasteiger charge is 2.35. The standard InChI is InChI=1S/C26H30N4O/c1-28(2)16-20-7-3-4-9-23(20)24-10-11-25-21-13-19(15-30(25)26(24)31)14-29(17-21)18-22-8-5-6-12-27-22/h3-12,19,21H,13-18H2,1-2H3/t19-,21+/m0/s1. The van der Waals surface area contributed by atoms with Crippen molar-refractivity contribution in [1.82, 2.24) is 19.4 Å². The van der Waals surface area contributed by atoms with Crippen LogP contribution in [0.2, 0.25) is 0 Å². The van der Waals surface area contributed by atoms with Gasteiger partial charge in [-0.3, -0.25) is 14.7 Å². The molecule has 0 radical (unpaired) electrons. The van der Waals surface area contributed by atoms with Gasteiger partial charge in [0, 0.05) is 56.1 Å². The van der Waals surface area contributed by atoms with Crippen molar-refractivity contribution in [2.24, 2.45) is 5.92 Å². The molecule has 1 saturated heterocycles. The van der Waals surface area contributed by atoms with E-state index >= 15 is 0 Å². The summed E-state index contributed by atoms with van der Waals surface area (Å²) in [4.78, 5) is 22.7. The number of hydrogen-bond acceptors (Lipinski definition) is 4. The van der Waals surface area contributed by atoms with E-state index in [4.69, 9.17) is 0 Å². The third-order valence-corrected chi connectivity index (χ3v) is 6.59. The summed E-state index contributed by atoms with van der Waals surface area (Å²) in [6.45, 7) is 4.54. The van der Waals surface area contributed by atoms with Crippen LogP contribution in [-0.2, 0) is 19.6 Å². The molecule has 2 aliphatic rings. The monoisotopic (exact) mass is 414 g/mol. The first kappa shape index (κ1) is 20.2. The fraction of sp³-hybridized carbons (Fsp3) is 0.385. The van der Waals surface area contributed by atoms with Gasteiger partial charge < -0.3 is 9.47 Å². The van der Waals surface area contributed by atoms with Crippen LogP contribution in [0.5, 0.6) is 0 Å². The Balaban J connectivity index is 1.45. The largest absolute Gasteiger partial charge is 0.311 e. The molecule has 1 fully saturated rings. The molecule has 2 bridgehead atoms. The Bertz CT molecular complexity index is 1120. The second-order valence-electron chi connectivity index (χ2n) is 9.30. The van der Waals surface area contributed by atoms with Gasteiger partial charge >= 0.3 is 0 Å². The van der Waals surface area contributed by atoms with E-state index in [1.807, 2.05) is 18.3 Å². The Morgan fingerprint density at radius 1 is 0.968 bits per heavy atom. The summed E-state index contributed by atoms with van der Waals surface area (Å²) in [6, 6.07) is 18.7. The third-order valence-electron chi connectivity index (χ3n) is 6.59. The summed E-state index contributed by atoms with van der Waals surface area (Å²) < 4.78 is 2.07. The fourth-order valence-electron chi connectivity index (χ4n) is 5.36. The molecule has 0 N–H and O–H groups in total. The van der Waals surface area contributed by atoms with Crippen LogP contribution in [0.3, 0.4) is 0 Å². The number of likely N-dealkylation sites (tertiary alicyclic amines) is 1. The van der Waals surface area contributed by atoms with Gasteiger partial charge in [-0.2, -0.15) is 0 Å². The van der Waals surface area contributed by atoms with Crippen molar-refractivity contribution < 1.29 is 0 Å². The van der Waals surface area contributed by atoms with Crippen LogP contribution in [0, 0.1) is 5.92 Å². The number of pyridine rings is 2. The summed E-state index contributed by atoms with van der Waals surface area (Å²) >= 11 is 0. The Hall–Kier alpha value is -2.76. The molecule has 5 nitrogen and oxygen atoms in total. The third kappa shape index (κ3) is 4.08. The average molecular weight is 415 g/mol. The maximum absolute atomic E-state index is 13.6. The number of benzene rings is 1. The van der Waals surface area contributed by atoms with Crippen molar-refractivity contribution in [3.05, 3.63) is 88.1 Å². The predicted molar refractivity (Wildman–Crippen MR) is 124 cm³/mol. The Morgan fingerprint density at radius 3 is 2.61 bits per heavy atom. The fourth-order valence-corrected chi connectivity index (χ4v) is 5.36. The first-order chi connectivity index (χ1) is 15.1. The highest BCUT2D eigenvalue weighted by Crippen LogP contribution is 2.36. The average Bonchev–Trinajstić information content (AvgIpc) is 2.75. The first-order valence-electron chi connectivity index (χ1n) is 11.2. The molecule has 160 valence electrons. The normalized spacial score (nSPS) is 20.6. The SMILES string of the molecule is CN(C)Cc1ccccc1-c1ccc2n(c1=O)C[C@H]1C[C@@H]2CN(Cc2ccccn2)C1. The van der Waals surface area contributed by atoms with Crippen LogP contribution in [0.15, 0.2) is 65.6 Å². The van der Waals surface area contributed by atoms with Gasteiger partial charge in [-0.1, -0.05) is 30.3 Å². The van der Waals surface area contributed by atoms with E-state index in [9.17, 15) is 4.79 Å². The van der Waals surface area contributed by atoms with Gasteiger partial charge in [0.15, 0.2) is 0 Å². The maximum atomic E-state index is 13.6. The van der Waals surface area contributed by atoms with Crippen molar-refractivity contribution in [1.29, 1.82) is 0 Å². The van der Waals surface area contributed by atoms with Gasteiger partial charge in [-0.05, 0) is 61.8 Å². The van der Waals surface area contributed by atoms with Crippen molar-refractivity contribution in [3.63, 3.8) is 0 Å². The van der Waals surface area contributed by atoms with E-state index in [-0.39, 0.29) is 5.56 Å². The van der Waals surface area contributed by atoms with Crippen LogP contribution < -0.4 is 5.56 Å². The molecule has 5 rings (SSSR count). The minimum atomic E-state index is 0.164. The molecule has 0 unspecified atom stereocenters. The lowest BCUT2D eigenvalue weighted by Crippen LogP contribution is -2.47. The van der Waals surface area contributed by atoms with Crippen molar-refractivity contribution >= 4 is 0 Å². The smallest absolute Gasteiger partial charge is 0.258 e. The predicted octanol–water partition coefficient (Wildman–Crippen LogP) is 3.59. The number of hydrogen-bond donors (Lipinski definition) is 0.